The van der Waals surface area contributed by atoms with Crippen molar-refractivity contribution in [2.75, 3.05) is 19.7 Å². The van der Waals surface area contributed by atoms with Gasteiger partial charge < -0.3 is 9.64 Å². The number of rotatable bonds is 1. The topological polar surface area (TPSA) is 125 Å². The molecule has 106 valence electrons. The van der Waals surface area contributed by atoms with E-state index in [-0.39, 0.29) is 32.5 Å². The molecule has 21 heavy (non-hydrogen) atoms. The monoisotopic (exact) mass is 283 g/mol. The number of amides is 1. The summed E-state index contributed by atoms with van der Waals surface area (Å²) in [5.41, 5.74) is -4.19. The van der Waals surface area contributed by atoms with Crippen molar-refractivity contribution in [3.63, 3.8) is 0 Å². The van der Waals surface area contributed by atoms with Gasteiger partial charge in [-0.3, -0.25) is 0 Å². The van der Waals surface area contributed by atoms with Crippen LogP contribution in [0.25, 0.3) is 0 Å². The molecule has 0 atom stereocenters. The Kier molecular flexibility index (Phi) is 3.24. The smallest absolute Gasteiger partial charge is 0.409 e. The molecular weight excluding hydrogens is 270 g/mol. The van der Waals surface area contributed by atoms with E-state index in [0.29, 0.717) is 0 Å². The third-order valence-electron chi connectivity index (χ3n) is 4.75. The molecule has 1 aliphatic carbocycles. The molecule has 0 aromatic carbocycles. The van der Waals surface area contributed by atoms with Crippen molar-refractivity contribution >= 4 is 6.09 Å². The van der Waals surface area contributed by atoms with Crippen LogP contribution in [0.1, 0.15) is 19.8 Å². The van der Waals surface area contributed by atoms with Gasteiger partial charge in [0.25, 0.3) is 0 Å². The average Bonchev–Trinajstić information content (AvgIpc) is 3.02. The molecule has 2 aliphatic rings. The minimum Gasteiger partial charge on any atom is -0.450 e. The molecule has 1 saturated heterocycles. The Morgan fingerprint density at radius 3 is 1.81 bits per heavy atom. The van der Waals surface area contributed by atoms with Gasteiger partial charge in [0.2, 0.25) is 0 Å². The lowest BCUT2D eigenvalue weighted by atomic mass is 9.83. The number of hydrogen-bond donors (Lipinski definition) is 0. The summed E-state index contributed by atoms with van der Waals surface area (Å²) in [6.45, 7) is 2.52. The predicted octanol–water partition coefficient (Wildman–Crippen LogP) is 1.31. The van der Waals surface area contributed by atoms with E-state index in [4.69, 9.17) is 4.74 Å². The van der Waals surface area contributed by atoms with Gasteiger partial charge in [-0.1, -0.05) is 0 Å². The van der Waals surface area contributed by atoms with Crippen LogP contribution in [0.3, 0.4) is 0 Å². The molecular formula is C14H13N5O2. The highest BCUT2D eigenvalue weighted by molar-refractivity contribution is 5.68. The number of ether oxygens (including phenoxy) is 1. The van der Waals surface area contributed by atoms with E-state index in [1.165, 1.54) is 4.90 Å². The summed E-state index contributed by atoms with van der Waals surface area (Å²) < 4.78 is 4.91. The first-order valence-electron chi connectivity index (χ1n) is 6.61. The van der Waals surface area contributed by atoms with E-state index in [1.807, 2.05) is 24.3 Å². The molecule has 0 N–H and O–H groups in total. The van der Waals surface area contributed by atoms with Gasteiger partial charge in [-0.05, 0) is 19.8 Å². The van der Waals surface area contributed by atoms with Gasteiger partial charge in [-0.25, -0.2) is 4.79 Å². The Balaban J connectivity index is 2.27. The summed E-state index contributed by atoms with van der Waals surface area (Å²) in [7, 11) is 0. The summed E-state index contributed by atoms with van der Waals surface area (Å²) in [5.74, 6) is 0. The van der Waals surface area contributed by atoms with E-state index in [9.17, 15) is 25.8 Å². The molecule has 7 nitrogen and oxygen atoms in total. The number of likely N-dealkylation sites (tertiary alicyclic amines) is 1. The second kappa shape index (κ2) is 4.65. The number of carbonyl (C=O) groups is 1. The molecule has 2 fully saturated rings. The molecule has 0 unspecified atom stereocenters. The Morgan fingerprint density at radius 1 is 1.05 bits per heavy atom. The van der Waals surface area contributed by atoms with Crippen molar-refractivity contribution in [1.29, 1.82) is 21.0 Å². The highest BCUT2D eigenvalue weighted by atomic mass is 16.6. The molecule has 1 spiro atoms. The number of nitrogens with zero attached hydrogens (tertiary/aromatic N) is 5. The lowest BCUT2D eigenvalue weighted by Crippen LogP contribution is -2.41. The van der Waals surface area contributed by atoms with Crippen molar-refractivity contribution in [1.82, 2.24) is 4.90 Å². The Hall–Kier alpha value is -2.77. The fraction of sp³-hybridized carbons (Fsp3) is 0.643. The first-order valence-corrected chi connectivity index (χ1v) is 6.61. The van der Waals surface area contributed by atoms with Crippen LogP contribution in [0, 0.1) is 61.6 Å². The van der Waals surface area contributed by atoms with Crippen LogP contribution in [-0.4, -0.2) is 30.7 Å². The average molecular weight is 283 g/mol. The number of piperidine rings is 1. The first kappa shape index (κ1) is 14.6. The molecule has 7 heteroatoms. The van der Waals surface area contributed by atoms with Gasteiger partial charge in [0.15, 0.2) is 10.8 Å². The molecule has 1 saturated carbocycles. The number of nitriles is 4. The lowest BCUT2D eigenvalue weighted by Gasteiger charge is -2.32. The van der Waals surface area contributed by atoms with Crippen molar-refractivity contribution < 1.29 is 9.53 Å². The second-order valence-corrected chi connectivity index (χ2v) is 5.22. The Bertz CT molecular complexity index is 566. The van der Waals surface area contributed by atoms with Crippen LogP contribution in [-0.2, 0) is 4.74 Å². The van der Waals surface area contributed by atoms with Gasteiger partial charge in [-0.2, -0.15) is 21.0 Å². The zero-order valence-corrected chi connectivity index (χ0v) is 11.6. The van der Waals surface area contributed by atoms with Crippen molar-refractivity contribution in [2.45, 2.75) is 19.8 Å². The maximum absolute atomic E-state index is 11.7. The van der Waals surface area contributed by atoms with Gasteiger partial charge >= 0.3 is 6.09 Å². The summed E-state index contributed by atoms with van der Waals surface area (Å²) in [4.78, 5) is 13.2. The van der Waals surface area contributed by atoms with Crippen LogP contribution >= 0.6 is 0 Å². The van der Waals surface area contributed by atoms with E-state index in [2.05, 4.69) is 0 Å². The third kappa shape index (κ3) is 1.41. The normalized spacial score (nSPS) is 23.0. The summed E-state index contributed by atoms with van der Waals surface area (Å²) >= 11 is 0. The Labute approximate surface area is 122 Å². The van der Waals surface area contributed by atoms with Crippen LogP contribution in [0.2, 0.25) is 0 Å². The van der Waals surface area contributed by atoms with E-state index < -0.39 is 22.3 Å². The fourth-order valence-electron chi connectivity index (χ4n) is 3.54. The maximum atomic E-state index is 11.7. The standard InChI is InChI=1S/C14H13N5O2/c1-2-21-11(20)19-5-3-12(4-6-19)13(7-15,8-16)14(12,9-17)10-18/h2-6H2,1H3. The number of carbonyl (C=O) groups excluding carboxylic acids is 1. The molecule has 0 radical (unpaired) electrons. The third-order valence-corrected chi connectivity index (χ3v) is 4.75. The molecule has 1 heterocycles. The van der Waals surface area contributed by atoms with Gasteiger partial charge in [0.1, 0.15) is 0 Å². The van der Waals surface area contributed by atoms with Crippen LogP contribution in [0.4, 0.5) is 4.79 Å². The van der Waals surface area contributed by atoms with Crippen molar-refractivity contribution in [2.24, 2.45) is 16.2 Å². The first-order chi connectivity index (χ1) is 10.0. The van der Waals surface area contributed by atoms with E-state index in [1.54, 1.807) is 6.92 Å². The quantitative estimate of drug-likeness (QED) is 0.714. The maximum Gasteiger partial charge on any atom is 0.409 e. The highest BCUT2D eigenvalue weighted by Gasteiger charge is 2.91. The van der Waals surface area contributed by atoms with E-state index >= 15 is 0 Å². The summed E-state index contributed by atoms with van der Waals surface area (Å²) in [6, 6.07) is 7.54. The number of hydrogen-bond acceptors (Lipinski definition) is 6. The van der Waals surface area contributed by atoms with Gasteiger partial charge in [-0.15, -0.1) is 0 Å². The summed E-state index contributed by atoms with van der Waals surface area (Å²) in [5, 5.41) is 37.4. The molecule has 2 rings (SSSR count). The zero-order valence-electron chi connectivity index (χ0n) is 11.6. The van der Waals surface area contributed by atoms with E-state index in [0.717, 1.165) is 0 Å². The molecule has 0 bridgehead atoms. The van der Waals surface area contributed by atoms with Gasteiger partial charge in [0, 0.05) is 18.5 Å². The minimum atomic E-state index is -1.61. The fourth-order valence-corrected chi connectivity index (χ4v) is 3.54. The minimum absolute atomic E-state index is 0.265. The molecule has 0 aromatic rings. The van der Waals surface area contributed by atoms with Crippen molar-refractivity contribution in [3.8, 4) is 24.3 Å². The SMILES string of the molecule is CCOC(=O)N1CCC2(CC1)C(C#N)(C#N)C2(C#N)C#N. The molecule has 1 aliphatic heterocycles. The van der Waals surface area contributed by atoms with Crippen LogP contribution in [0.15, 0.2) is 0 Å². The van der Waals surface area contributed by atoms with Crippen LogP contribution < -0.4 is 0 Å². The predicted molar refractivity (Wildman–Crippen MR) is 67.6 cm³/mol. The largest absolute Gasteiger partial charge is 0.450 e. The Morgan fingerprint density at radius 2 is 1.48 bits per heavy atom. The zero-order chi connectivity index (χ0) is 15.7. The molecule has 1 amide bonds. The van der Waals surface area contributed by atoms with Crippen molar-refractivity contribution in [3.05, 3.63) is 0 Å². The lowest BCUT2D eigenvalue weighted by molar-refractivity contribution is 0.0842. The van der Waals surface area contributed by atoms with Gasteiger partial charge in [0.05, 0.1) is 30.9 Å². The second-order valence-electron chi connectivity index (χ2n) is 5.22. The summed E-state index contributed by atoms with van der Waals surface area (Å²) in [6.07, 6.45) is 0.0919. The molecule has 0 aromatic heterocycles. The van der Waals surface area contributed by atoms with Crippen LogP contribution in [0.5, 0.6) is 0 Å². The highest BCUT2D eigenvalue weighted by Crippen LogP contribution is 2.81.